The van der Waals surface area contributed by atoms with Gasteiger partial charge in [0.25, 0.3) is 0 Å². The number of rotatable bonds is 2. The fourth-order valence-corrected chi connectivity index (χ4v) is 2.58. The van der Waals surface area contributed by atoms with E-state index in [-0.39, 0.29) is 5.78 Å². The normalized spacial score (nSPS) is 13.5. The van der Waals surface area contributed by atoms with Gasteiger partial charge < -0.3 is 4.74 Å². The molecule has 2 aromatic rings. The lowest BCUT2D eigenvalue weighted by Crippen LogP contribution is -2.10. The van der Waals surface area contributed by atoms with Gasteiger partial charge in [-0.15, -0.1) is 0 Å². The molecule has 0 aliphatic carbocycles. The van der Waals surface area contributed by atoms with Gasteiger partial charge >= 0.3 is 0 Å². The summed E-state index contributed by atoms with van der Waals surface area (Å²) in [5.41, 5.74) is 3.40. The Balaban J connectivity index is 1.95. The smallest absolute Gasteiger partial charge is 0.193 e. The molecule has 1 aliphatic rings. The average Bonchev–Trinajstić information content (AvgIpc) is 2.49. The van der Waals surface area contributed by atoms with E-state index < -0.39 is 0 Å². The first-order valence-corrected chi connectivity index (χ1v) is 7.09. The van der Waals surface area contributed by atoms with Crippen molar-refractivity contribution in [3.63, 3.8) is 0 Å². The van der Waals surface area contributed by atoms with Gasteiger partial charge in [0.2, 0.25) is 0 Å². The molecule has 0 unspecified atom stereocenters. The standard InChI is InChI=1S/C17H15ClO2/c1-11-4-5-14(10-15(11)18)17(19)13-6-7-16-12(9-13)3-2-8-20-16/h4-7,9-10H,2-3,8H2,1H3. The molecule has 3 rings (SSSR count). The van der Waals surface area contributed by atoms with Crippen LogP contribution < -0.4 is 4.74 Å². The Morgan fingerprint density at radius 2 is 1.90 bits per heavy atom. The largest absolute Gasteiger partial charge is 0.493 e. The summed E-state index contributed by atoms with van der Waals surface area (Å²) in [6, 6.07) is 11.1. The lowest BCUT2D eigenvalue weighted by Gasteiger charge is -2.17. The van der Waals surface area contributed by atoms with Crippen LogP contribution in [0.4, 0.5) is 0 Å². The van der Waals surface area contributed by atoms with Crippen LogP contribution in [0.2, 0.25) is 5.02 Å². The molecule has 2 aromatic carbocycles. The van der Waals surface area contributed by atoms with Gasteiger partial charge in [-0.1, -0.05) is 23.7 Å². The predicted octanol–water partition coefficient (Wildman–Crippen LogP) is 4.20. The molecule has 1 heterocycles. The van der Waals surface area contributed by atoms with Crippen LogP contribution in [0.3, 0.4) is 0 Å². The van der Waals surface area contributed by atoms with Crippen LogP contribution in [-0.4, -0.2) is 12.4 Å². The topological polar surface area (TPSA) is 26.3 Å². The maximum Gasteiger partial charge on any atom is 0.193 e. The van der Waals surface area contributed by atoms with Crippen molar-refractivity contribution in [3.05, 3.63) is 63.7 Å². The van der Waals surface area contributed by atoms with Crippen LogP contribution in [0.5, 0.6) is 5.75 Å². The minimum Gasteiger partial charge on any atom is -0.493 e. The highest BCUT2D eigenvalue weighted by molar-refractivity contribution is 6.31. The van der Waals surface area contributed by atoms with E-state index in [1.807, 2.05) is 37.3 Å². The van der Waals surface area contributed by atoms with Crippen molar-refractivity contribution in [1.82, 2.24) is 0 Å². The maximum absolute atomic E-state index is 12.5. The van der Waals surface area contributed by atoms with E-state index in [2.05, 4.69) is 0 Å². The molecule has 0 bridgehead atoms. The fraction of sp³-hybridized carbons (Fsp3) is 0.235. The minimum atomic E-state index is 0.000253. The van der Waals surface area contributed by atoms with Gasteiger partial charge in [0.15, 0.2) is 5.78 Å². The molecule has 0 amide bonds. The van der Waals surface area contributed by atoms with Crippen LogP contribution >= 0.6 is 11.6 Å². The maximum atomic E-state index is 12.5. The van der Waals surface area contributed by atoms with Crippen LogP contribution in [-0.2, 0) is 6.42 Å². The molecule has 0 saturated carbocycles. The van der Waals surface area contributed by atoms with Gasteiger partial charge in [0.05, 0.1) is 6.61 Å². The number of fused-ring (bicyclic) bond motifs is 1. The molecule has 102 valence electrons. The van der Waals surface area contributed by atoms with Crippen molar-refractivity contribution in [3.8, 4) is 5.75 Å². The van der Waals surface area contributed by atoms with E-state index in [0.717, 1.165) is 36.3 Å². The van der Waals surface area contributed by atoms with Crippen LogP contribution in [0, 0.1) is 6.92 Å². The first-order valence-electron chi connectivity index (χ1n) is 6.72. The van der Waals surface area contributed by atoms with Crippen LogP contribution in [0.1, 0.15) is 33.5 Å². The average molecular weight is 287 g/mol. The molecule has 0 radical (unpaired) electrons. The van der Waals surface area contributed by atoms with Crippen molar-refractivity contribution >= 4 is 17.4 Å². The molecular formula is C17H15ClO2. The van der Waals surface area contributed by atoms with Gasteiger partial charge in [-0.3, -0.25) is 4.79 Å². The Bertz CT molecular complexity index is 677. The van der Waals surface area contributed by atoms with Crippen molar-refractivity contribution in [2.75, 3.05) is 6.61 Å². The Morgan fingerprint density at radius 3 is 2.70 bits per heavy atom. The lowest BCUT2D eigenvalue weighted by atomic mass is 9.97. The van der Waals surface area contributed by atoms with Crippen LogP contribution in [0.15, 0.2) is 36.4 Å². The summed E-state index contributed by atoms with van der Waals surface area (Å²) >= 11 is 6.09. The number of ketones is 1. The summed E-state index contributed by atoms with van der Waals surface area (Å²) in [5, 5.41) is 0.622. The molecule has 3 heteroatoms. The third-order valence-corrected chi connectivity index (χ3v) is 4.01. The number of halogens is 1. The Kier molecular flexibility index (Phi) is 3.49. The molecule has 0 aromatic heterocycles. The summed E-state index contributed by atoms with van der Waals surface area (Å²) in [5.74, 6) is 0.898. The van der Waals surface area contributed by atoms with Crippen molar-refractivity contribution < 1.29 is 9.53 Å². The number of carbonyl (C=O) groups excluding carboxylic acids is 1. The molecule has 2 nitrogen and oxygen atoms in total. The van der Waals surface area contributed by atoms with Gasteiger partial charge in [-0.25, -0.2) is 0 Å². The summed E-state index contributed by atoms with van der Waals surface area (Å²) in [4.78, 5) is 12.5. The molecule has 20 heavy (non-hydrogen) atoms. The molecule has 0 fully saturated rings. The van der Waals surface area contributed by atoms with E-state index in [0.29, 0.717) is 16.1 Å². The highest BCUT2D eigenvalue weighted by Gasteiger charge is 2.15. The number of hydrogen-bond donors (Lipinski definition) is 0. The monoisotopic (exact) mass is 286 g/mol. The first-order chi connectivity index (χ1) is 9.65. The molecule has 0 saturated heterocycles. The number of carbonyl (C=O) groups is 1. The summed E-state index contributed by atoms with van der Waals surface area (Å²) in [6.07, 6.45) is 1.96. The molecule has 0 spiro atoms. The lowest BCUT2D eigenvalue weighted by molar-refractivity contribution is 0.103. The Labute approximate surface area is 123 Å². The third-order valence-electron chi connectivity index (χ3n) is 3.60. The van der Waals surface area contributed by atoms with E-state index in [1.165, 1.54) is 0 Å². The zero-order valence-corrected chi connectivity index (χ0v) is 12.0. The Hall–Kier alpha value is -1.80. The number of ether oxygens (including phenoxy) is 1. The SMILES string of the molecule is Cc1ccc(C(=O)c2ccc3c(c2)CCCO3)cc1Cl. The number of hydrogen-bond acceptors (Lipinski definition) is 2. The zero-order chi connectivity index (χ0) is 14.1. The molecule has 0 atom stereocenters. The van der Waals surface area contributed by atoms with E-state index >= 15 is 0 Å². The van der Waals surface area contributed by atoms with E-state index in [9.17, 15) is 4.79 Å². The summed E-state index contributed by atoms with van der Waals surface area (Å²) in [7, 11) is 0. The second-order valence-corrected chi connectivity index (χ2v) is 5.47. The van der Waals surface area contributed by atoms with Gasteiger partial charge in [0.1, 0.15) is 5.75 Å². The quantitative estimate of drug-likeness (QED) is 0.773. The highest BCUT2D eigenvalue weighted by atomic mass is 35.5. The second-order valence-electron chi connectivity index (χ2n) is 5.07. The van der Waals surface area contributed by atoms with Crippen LogP contribution in [0.25, 0.3) is 0 Å². The third kappa shape index (κ3) is 2.44. The van der Waals surface area contributed by atoms with Gasteiger partial charge in [-0.2, -0.15) is 0 Å². The van der Waals surface area contributed by atoms with Crippen molar-refractivity contribution in [2.45, 2.75) is 19.8 Å². The minimum absolute atomic E-state index is 0.000253. The summed E-state index contributed by atoms with van der Waals surface area (Å²) < 4.78 is 5.57. The van der Waals surface area contributed by atoms with Gasteiger partial charge in [-0.05, 0) is 55.2 Å². The predicted molar refractivity (Wildman–Crippen MR) is 79.9 cm³/mol. The molecule has 1 aliphatic heterocycles. The number of benzene rings is 2. The van der Waals surface area contributed by atoms with Crippen molar-refractivity contribution in [2.24, 2.45) is 0 Å². The molecule has 0 N–H and O–H groups in total. The second kappa shape index (κ2) is 5.29. The van der Waals surface area contributed by atoms with Gasteiger partial charge in [0, 0.05) is 16.1 Å². The summed E-state index contributed by atoms with van der Waals surface area (Å²) in [6.45, 7) is 2.68. The van der Waals surface area contributed by atoms with E-state index in [1.54, 1.807) is 6.07 Å². The fourth-order valence-electron chi connectivity index (χ4n) is 2.40. The highest BCUT2D eigenvalue weighted by Crippen LogP contribution is 2.27. The van der Waals surface area contributed by atoms with Crippen molar-refractivity contribution in [1.29, 1.82) is 0 Å². The Morgan fingerprint density at radius 1 is 1.15 bits per heavy atom. The van der Waals surface area contributed by atoms with E-state index in [4.69, 9.17) is 16.3 Å². The first kappa shape index (κ1) is 13.2. The zero-order valence-electron chi connectivity index (χ0n) is 11.3. The molecular weight excluding hydrogens is 272 g/mol. The number of aryl methyl sites for hydroxylation is 2.